The fourth-order valence-electron chi connectivity index (χ4n) is 3.18. The van der Waals surface area contributed by atoms with Crippen LogP contribution in [0.25, 0.3) is 0 Å². The van der Waals surface area contributed by atoms with Gasteiger partial charge in [-0.05, 0) is 38.1 Å². The average molecular weight is 338 g/mol. The normalized spacial score (nSPS) is 17.7. The van der Waals surface area contributed by atoms with Gasteiger partial charge in [-0.25, -0.2) is 0 Å². The zero-order valence-corrected chi connectivity index (χ0v) is 14.5. The molecule has 2 aromatic carbocycles. The predicted octanol–water partition coefficient (Wildman–Crippen LogP) is 3.00. The van der Waals surface area contributed by atoms with Crippen LogP contribution in [-0.2, 0) is 9.59 Å². The third kappa shape index (κ3) is 3.65. The first kappa shape index (κ1) is 17.0. The second-order valence-electron chi connectivity index (χ2n) is 6.47. The molecule has 1 aliphatic rings. The van der Waals surface area contributed by atoms with Gasteiger partial charge in [0.05, 0.1) is 6.42 Å². The number of nitrogens with zero attached hydrogens (tertiary/aromatic N) is 2. The highest BCUT2D eigenvalue weighted by atomic mass is 16.4. The van der Waals surface area contributed by atoms with Crippen molar-refractivity contribution in [1.82, 2.24) is 0 Å². The number of carboxylic acids is 1. The van der Waals surface area contributed by atoms with Gasteiger partial charge >= 0.3 is 5.97 Å². The van der Waals surface area contributed by atoms with Gasteiger partial charge in [0, 0.05) is 24.5 Å². The maximum atomic E-state index is 13.0. The standard InChI is InChI=1S/C20H22N2O3/c1-14-3-7-16(8-4-14)21-11-12-22(17-9-5-15(2)6-10-17)20(25)18(21)13-19(23)24/h3-10,18H,11-13H2,1-2H3,(H,23,24)/t18-/m0/s1. The van der Waals surface area contributed by atoms with E-state index in [9.17, 15) is 14.7 Å². The number of carbonyl (C=O) groups is 2. The van der Waals surface area contributed by atoms with Crippen LogP contribution in [0.4, 0.5) is 11.4 Å². The maximum absolute atomic E-state index is 13.0. The van der Waals surface area contributed by atoms with Gasteiger partial charge in [0.15, 0.2) is 0 Å². The maximum Gasteiger partial charge on any atom is 0.305 e. The zero-order chi connectivity index (χ0) is 18.0. The van der Waals surface area contributed by atoms with Gasteiger partial charge in [0.1, 0.15) is 6.04 Å². The van der Waals surface area contributed by atoms with Crippen LogP contribution in [0.2, 0.25) is 0 Å². The Morgan fingerprint density at radius 3 is 2.00 bits per heavy atom. The van der Waals surface area contributed by atoms with Crippen LogP contribution < -0.4 is 9.80 Å². The van der Waals surface area contributed by atoms with Gasteiger partial charge < -0.3 is 14.9 Å². The van der Waals surface area contributed by atoms with Crippen LogP contribution in [0.3, 0.4) is 0 Å². The fraction of sp³-hybridized carbons (Fsp3) is 0.300. The molecular weight excluding hydrogens is 316 g/mol. The molecule has 1 N–H and O–H groups in total. The van der Waals surface area contributed by atoms with E-state index in [1.165, 1.54) is 0 Å². The monoisotopic (exact) mass is 338 g/mol. The number of piperazine rings is 1. The third-order valence-electron chi connectivity index (χ3n) is 4.57. The van der Waals surface area contributed by atoms with Crippen LogP contribution in [0.15, 0.2) is 48.5 Å². The topological polar surface area (TPSA) is 60.9 Å². The molecule has 2 aromatic rings. The molecule has 0 aliphatic carbocycles. The van der Waals surface area contributed by atoms with Crippen molar-refractivity contribution in [3.8, 4) is 0 Å². The van der Waals surface area contributed by atoms with Crippen LogP contribution in [0, 0.1) is 13.8 Å². The predicted molar refractivity (Wildman–Crippen MR) is 98.1 cm³/mol. The molecular formula is C20H22N2O3. The van der Waals surface area contributed by atoms with E-state index >= 15 is 0 Å². The van der Waals surface area contributed by atoms with E-state index in [2.05, 4.69) is 0 Å². The number of hydrogen-bond donors (Lipinski definition) is 1. The van der Waals surface area contributed by atoms with E-state index in [1.807, 2.05) is 67.3 Å². The van der Waals surface area contributed by atoms with Crippen LogP contribution >= 0.6 is 0 Å². The Morgan fingerprint density at radius 2 is 1.48 bits per heavy atom. The van der Waals surface area contributed by atoms with Crippen molar-refractivity contribution >= 4 is 23.3 Å². The van der Waals surface area contributed by atoms with Gasteiger partial charge in [0.25, 0.3) is 0 Å². The van der Waals surface area contributed by atoms with Crippen LogP contribution in [0.1, 0.15) is 17.5 Å². The molecule has 0 bridgehead atoms. The summed E-state index contributed by atoms with van der Waals surface area (Å²) in [6.45, 7) is 5.12. The first-order chi connectivity index (χ1) is 12.0. The van der Waals surface area contributed by atoms with Crippen molar-refractivity contribution in [2.75, 3.05) is 22.9 Å². The molecule has 0 unspecified atom stereocenters. The first-order valence-electron chi connectivity index (χ1n) is 8.39. The summed E-state index contributed by atoms with van der Waals surface area (Å²) < 4.78 is 0. The summed E-state index contributed by atoms with van der Waals surface area (Å²) in [5, 5.41) is 9.29. The van der Waals surface area contributed by atoms with Crippen molar-refractivity contribution in [1.29, 1.82) is 0 Å². The minimum absolute atomic E-state index is 0.168. The summed E-state index contributed by atoms with van der Waals surface area (Å²) in [6, 6.07) is 14.9. The lowest BCUT2D eigenvalue weighted by atomic mass is 10.0. The lowest BCUT2D eigenvalue weighted by Crippen LogP contribution is -2.58. The number of carbonyl (C=O) groups excluding carboxylic acids is 1. The number of benzene rings is 2. The molecule has 1 amide bonds. The van der Waals surface area contributed by atoms with Crippen molar-refractivity contribution in [3.63, 3.8) is 0 Å². The average Bonchev–Trinajstić information content (AvgIpc) is 2.58. The quantitative estimate of drug-likeness (QED) is 0.931. The van der Waals surface area contributed by atoms with E-state index in [0.717, 1.165) is 22.5 Å². The lowest BCUT2D eigenvalue weighted by Gasteiger charge is -2.41. The Labute approximate surface area is 147 Å². The highest BCUT2D eigenvalue weighted by Crippen LogP contribution is 2.27. The first-order valence-corrected chi connectivity index (χ1v) is 8.39. The lowest BCUT2D eigenvalue weighted by molar-refractivity contribution is -0.139. The molecule has 5 heteroatoms. The second kappa shape index (κ2) is 6.97. The summed E-state index contributed by atoms with van der Waals surface area (Å²) in [6.07, 6.45) is -0.213. The number of amides is 1. The van der Waals surface area contributed by atoms with E-state index in [-0.39, 0.29) is 12.3 Å². The number of hydrogen-bond acceptors (Lipinski definition) is 3. The second-order valence-corrected chi connectivity index (χ2v) is 6.47. The molecule has 1 atom stereocenters. The molecule has 1 heterocycles. The highest BCUT2D eigenvalue weighted by Gasteiger charge is 2.37. The highest BCUT2D eigenvalue weighted by molar-refractivity contribution is 6.02. The molecule has 1 aliphatic heterocycles. The molecule has 0 saturated carbocycles. The largest absolute Gasteiger partial charge is 0.481 e. The number of carboxylic acid groups (broad SMARTS) is 1. The molecule has 0 radical (unpaired) electrons. The minimum Gasteiger partial charge on any atom is -0.481 e. The molecule has 1 fully saturated rings. The Bertz CT molecular complexity index is 769. The van der Waals surface area contributed by atoms with Crippen LogP contribution in [-0.4, -0.2) is 36.1 Å². The van der Waals surface area contributed by atoms with Gasteiger partial charge in [0.2, 0.25) is 5.91 Å². The molecule has 5 nitrogen and oxygen atoms in total. The molecule has 130 valence electrons. The third-order valence-corrected chi connectivity index (χ3v) is 4.57. The van der Waals surface area contributed by atoms with Gasteiger partial charge in [-0.15, -0.1) is 0 Å². The van der Waals surface area contributed by atoms with Crippen LogP contribution in [0.5, 0.6) is 0 Å². The molecule has 3 rings (SSSR count). The minimum atomic E-state index is -0.971. The number of aliphatic carboxylic acids is 1. The Kier molecular flexibility index (Phi) is 4.74. The van der Waals surface area contributed by atoms with E-state index < -0.39 is 12.0 Å². The van der Waals surface area contributed by atoms with Crippen molar-refractivity contribution in [2.24, 2.45) is 0 Å². The number of aryl methyl sites for hydroxylation is 2. The summed E-state index contributed by atoms with van der Waals surface area (Å²) in [5.41, 5.74) is 3.95. The van der Waals surface area contributed by atoms with Crippen molar-refractivity contribution in [3.05, 3.63) is 59.7 Å². The Hall–Kier alpha value is -2.82. The summed E-state index contributed by atoms with van der Waals surface area (Å²) in [4.78, 5) is 27.9. The Balaban J connectivity index is 1.90. The zero-order valence-electron chi connectivity index (χ0n) is 14.5. The van der Waals surface area contributed by atoms with Gasteiger partial charge in [-0.3, -0.25) is 9.59 Å². The summed E-state index contributed by atoms with van der Waals surface area (Å²) in [5.74, 6) is -1.14. The summed E-state index contributed by atoms with van der Waals surface area (Å²) >= 11 is 0. The van der Waals surface area contributed by atoms with E-state index in [0.29, 0.717) is 13.1 Å². The molecule has 0 spiro atoms. The van der Waals surface area contributed by atoms with Gasteiger partial charge in [-0.2, -0.15) is 0 Å². The number of rotatable bonds is 4. The van der Waals surface area contributed by atoms with E-state index in [1.54, 1.807) is 4.90 Å². The van der Waals surface area contributed by atoms with Crippen molar-refractivity contribution in [2.45, 2.75) is 26.3 Å². The smallest absolute Gasteiger partial charge is 0.305 e. The fourth-order valence-corrected chi connectivity index (χ4v) is 3.18. The van der Waals surface area contributed by atoms with Crippen molar-refractivity contribution < 1.29 is 14.7 Å². The number of anilines is 2. The molecule has 0 aromatic heterocycles. The SMILES string of the molecule is Cc1ccc(N2CCN(c3ccc(C)cc3)[C@@H](CC(=O)O)C2=O)cc1. The Morgan fingerprint density at radius 1 is 0.960 bits per heavy atom. The van der Waals surface area contributed by atoms with E-state index in [4.69, 9.17) is 0 Å². The molecule has 25 heavy (non-hydrogen) atoms. The molecule has 1 saturated heterocycles. The van der Waals surface area contributed by atoms with Gasteiger partial charge in [-0.1, -0.05) is 35.4 Å². The summed E-state index contributed by atoms with van der Waals surface area (Å²) in [7, 11) is 0.